The number of carboxylic acids is 1. The van der Waals surface area contributed by atoms with Crippen LogP contribution in [0.5, 0.6) is 5.88 Å². The molecule has 0 spiro atoms. The Kier molecular flexibility index (Phi) is 4.42. The third-order valence-electron chi connectivity index (χ3n) is 3.86. The van der Waals surface area contributed by atoms with Gasteiger partial charge in [-0.2, -0.15) is 0 Å². The number of nitrogens with zero attached hydrogens (tertiary/aromatic N) is 2. The van der Waals surface area contributed by atoms with Gasteiger partial charge in [0.1, 0.15) is 12.1 Å². The third kappa shape index (κ3) is 3.00. The summed E-state index contributed by atoms with van der Waals surface area (Å²) >= 11 is 0. The summed E-state index contributed by atoms with van der Waals surface area (Å²) in [5.74, 6) is 0.369. The third-order valence-corrected chi connectivity index (χ3v) is 3.86. The smallest absolute Gasteiger partial charge is 0.311 e. The van der Waals surface area contributed by atoms with Gasteiger partial charge < -0.3 is 15.2 Å². The van der Waals surface area contributed by atoms with Gasteiger partial charge >= 0.3 is 5.97 Å². The molecule has 1 fully saturated rings. The molecule has 0 amide bonds. The lowest BCUT2D eigenvalue weighted by atomic mass is 9.85. The number of hydrogen-bond acceptors (Lipinski definition) is 5. The molecule has 0 bridgehead atoms. The predicted octanol–water partition coefficient (Wildman–Crippen LogP) is 2.32. The molecule has 6 heteroatoms. The van der Waals surface area contributed by atoms with Gasteiger partial charge in [0.05, 0.1) is 12.0 Å². The maximum atomic E-state index is 11.4. The van der Waals surface area contributed by atoms with Gasteiger partial charge in [-0.3, -0.25) is 4.79 Å². The van der Waals surface area contributed by atoms with Gasteiger partial charge in [-0.05, 0) is 26.2 Å². The van der Waals surface area contributed by atoms with E-state index in [4.69, 9.17) is 4.74 Å². The van der Waals surface area contributed by atoms with Crippen molar-refractivity contribution in [3.63, 3.8) is 0 Å². The Bertz CT molecular complexity index is 480. The molecule has 1 saturated carbocycles. The number of anilines is 1. The minimum Gasteiger partial charge on any atom is -0.481 e. The van der Waals surface area contributed by atoms with Gasteiger partial charge in [-0.15, -0.1) is 0 Å². The molecule has 1 aromatic rings. The van der Waals surface area contributed by atoms with Crippen molar-refractivity contribution in [1.29, 1.82) is 0 Å². The van der Waals surface area contributed by atoms with Crippen LogP contribution in [0, 0.1) is 5.41 Å². The highest BCUT2D eigenvalue weighted by atomic mass is 16.5. The van der Waals surface area contributed by atoms with E-state index >= 15 is 0 Å². The van der Waals surface area contributed by atoms with E-state index in [1.54, 1.807) is 13.0 Å². The molecule has 110 valence electrons. The molecular formula is C14H21N3O3. The number of nitrogens with one attached hydrogen (secondary N) is 1. The van der Waals surface area contributed by atoms with Crippen molar-refractivity contribution in [3.8, 4) is 5.88 Å². The average Bonchev–Trinajstić information content (AvgIpc) is 2.80. The fourth-order valence-corrected chi connectivity index (χ4v) is 2.54. The van der Waals surface area contributed by atoms with Gasteiger partial charge in [0.25, 0.3) is 0 Å². The lowest BCUT2D eigenvalue weighted by Crippen LogP contribution is -2.40. The van der Waals surface area contributed by atoms with E-state index in [2.05, 4.69) is 15.3 Å². The van der Waals surface area contributed by atoms with E-state index in [9.17, 15) is 9.90 Å². The van der Waals surface area contributed by atoms with E-state index in [0.717, 1.165) is 19.3 Å². The minimum atomic E-state index is -0.760. The van der Waals surface area contributed by atoms with Crippen molar-refractivity contribution in [2.75, 3.05) is 11.9 Å². The van der Waals surface area contributed by atoms with Crippen LogP contribution in [-0.2, 0) is 4.79 Å². The van der Waals surface area contributed by atoms with Crippen molar-refractivity contribution in [1.82, 2.24) is 9.97 Å². The largest absolute Gasteiger partial charge is 0.481 e. The summed E-state index contributed by atoms with van der Waals surface area (Å²) in [6.07, 6.45) is 4.76. The summed E-state index contributed by atoms with van der Waals surface area (Å²) in [4.78, 5) is 19.6. The predicted molar refractivity (Wildman–Crippen MR) is 74.8 cm³/mol. The number of rotatable bonds is 6. The molecule has 1 aromatic heterocycles. The van der Waals surface area contributed by atoms with Gasteiger partial charge in [-0.25, -0.2) is 9.97 Å². The average molecular weight is 279 g/mol. The second-order valence-electron chi connectivity index (χ2n) is 5.40. The zero-order chi connectivity index (χ0) is 14.6. The highest BCUT2D eigenvalue weighted by Gasteiger charge is 2.45. The normalized spacial score (nSPS) is 25.4. The monoisotopic (exact) mass is 279 g/mol. The van der Waals surface area contributed by atoms with Crippen LogP contribution in [-0.4, -0.2) is 33.7 Å². The van der Waals surface area contributed by atoms with E-state index in [0.29, 0.717) is 24.7 Å². The molecule has 2 atom stereocenters. The number of ether oxygens (including phenoxy) is 1. The summed E-state index contributed by atoms with van der Waals surface area (Å²) in [5, 5.41) is 12.6. The molecule has 1 aliphatic carbocycles. The lowest BCUT2D eigenvalue weighted by Gasteiger charge is -2.28. The van der Waals surface area contributed by atoms with E-state index in [1.165, 1.54) is 6.33 Å². The van der Waals surface area contributed by atoms with Crippen molar-refractivity contribution < 1.29 is 14.6 Å². The molecule has 1 aliphatic rings. The van der Waals surface area contributed by atoms with Crippen molar-refractivity contribution in [2.24, 2.45) is 5.41 Å². The van der Waals surface area contributed by atoms with Crippen molar-refractivity contribution >= 4 is 11.8 Å². The van der Waals surface area contributed by atoms with Crippen LogP contribution < -0.4 is 10.1 Å². The molecule has 0 radical (unpaired) electrons. The van der Waals surface area contributed by atoms with Crippen molar-refractivity contribution in [3.05, 3.63) is 12.4 Å². The molecule has 2 N–H and O–H groups in total. The van der Waals surface area contributed by atoms with Gasteiger partial charge in [-0.1, -0.05) is 13.3 Å². The molecule has 1 heterocycles. The maximum Gasteiger partial charge on any atom is 0.311 e. The Labute approximate surface area is 118 Å². The molecule has 2 rings (SSSR count). The Morgan fingerprint density at radius 1 is 1.60 bits per heavy atom. The highest BCUT2D eigenvalue weighted by molar-refractivity contribution is 5.76. The van der Waals surface area contributed by atoms with Crippen LogP contribution in [0.25, 0.3) is 0 Å². The zero-order valence-electron chi connectivity index (χ0n) is 11.9. The standard InChI is InChI=1S/C14H21N3O3/c1-3-7-20-12-8-11(15-9-16-12)17-10-5-4-6-14(10,2)13(18)19/h8-10H,3-7H2,1-2H3,(H,18,19)(H,15,16,17). The number of carboxylic acid groups (broad SMARTS) is 1. The van der Waals surface area contributed by atoms with E-state index in [-0.39, 0.29) is 6.04 Å². The molecule has 0 saturated heterocycles. The molecule has 0 aromatic carbocycles. The van der Waals surface area contributed by atoms with Gasteiger partial charge in [0, 0.05) is 12.1 Å². The first-order chi connectivity index (χ1) is 9.56. The molecule has 2 unspecified atom stereocenters. The minimum absolute atomic E-state index is 0.117. The number of aromatic nitrogens is 2. The lowest BCUT2D eigenvalue weighted by molar-refractivity contribution is -0.147. The Hall–Kier alpha value is -1.85. The highest BCUT2D eigenvalue weighted by Crippen LogP contribution is 2.39. The van der Waals surface area contributed by atoms with Gasteiger partial charge in [0.15, 0.2) is 0 Å². The Balaban J connectivity index is 2.07. The summed E-state index contributed by atoms with van der Waals surface area (Å²) in [6.45, 7) is 4.42. The maximum absolute atomic E-state index is 11.4. The molecule has 20 heavy (non-hydrogen) atoms. The number of aliphatic carboxylic acids is 1. The fourth-order valence-electron chi connectivity index (χ4n) is 2.54. The molecular weight excluding hydrogens is 258 g/mol. The molecule has 0 aliphatic heterocycles. The fraction of sp³-hybridized carbons (Fsp3) is 0.643. The summed E-state index contributed by atoms with van der Waals surface area (Å²) in [6, 6.07) is 1.60. The topological polar surface area (TPSA) is 84.3 Å². The summed E-state index contributed by atoms with van der Waals surface area (Å²) in [5.41, 5.74) is -0.741. The summed E-state index contributed by atoms with van der Waals surface area (Å²) in [7, 11) is 0. The van der Waals surface area contributed by atoms with Crippen molar-refractivity contribution in [2.45, 2.75) is 45.6 Å². The van der Waals surface area contributed by atoms with Crippen LogP contribution in [0.3, 0.4) is 0 Å². The van der Waals surface area contributed by atoms with E-state index in [1.807, 2.05) is 6.92 Å². The van der Waals surface area contributed by atoms with Crippen LogP contribution in [0.1, 0.15) is 39.5 Å². The SMILES string of the molecule is CCCOc1cc(NC2CCCC2(C)C(=O)O)ncn1. The Morgan fingerprint density at radius 3 is 3.10 bits per heavy atom. The van der Waals surface area contributed by atoms with Gasteiger partial charge in [0.2, 0.25) is 5.88 Å². The first kappa shape index (κ1) is 14.6. The van der Waals surface area contributed by atoms with Crippen LogP contribution in [0.15, 0.2) is 12.4 Å². The zero-order valence-corrected chi connectivity index (χ0v) is 11.9. The Morgan fingerprint density at radius 2 is 2.40 bits per heavy atom. The van der Waals surface area contributed by atoms with E-state index < -0.39 is 11.4 Å². The van der Waals surface area contributed by atoms with Crippen LogP contribution in [0.4, 0.5) is 5.82 Å². The second-order valence-corrected chi connectivity index (χ2v) is 5.40. The van der Waals surface area contributed by atoms with Crippen LogP contribution >= 0.6 is 0 Å². The summed E-state index contributed by atoms with van der Waals surface area (Å²) < 4.78 is 5.45. The molecule has 6 nitrogen and oxygen atoms in total. The second kappa shape index (κ2) is 6.07. The first-order valence-electron chi connectivity index (χ1n) is 7.01. The first-order valence-corrected chi connectivity index (χ1v) is 7.01. The van der Waals surface area contributed by atoms with Crippen LogP contribution in [0.2, 0.25) is 0 Å². The number of carbonyl (C=O) groups is 1. The quantitative estimate of drug-likeness (QED) is 0.831. The number of hydrogen-bond donors (Lipinski definition) is 2.